The van der Waals surface area contributed by atoms with Crippen LogP contribution in [0, 0.1) is 12.3 Å². The summed E-state index contributed by atoms with van der Waals surface area (Å²) in [6.45, 7) is 3.36. The molecule has 2 aliphatic rings. The number of carboxylic acid groups (broad SMARTS) is 1. The van der Waals surface area contributed by atoms with Gasteiger partial charge in [0.15, 0.2) is 0 Å². The molecule has 4 heterocycles. The number of nitrogens with two attached hydrogens (primary N) is 1. The molecule has 6 rings (SSSR count). The van der Waals surface area contributed by atoms with Crippen molar-refractivity contribution >= 4 is 40.9 Å². The van der Waals surface area contributed by atoms with E-state index in [0.29, 0.717) is 71.6 Å². The Balaban J connectivity index is 1.31. The second-order valence-electron chi connectivity index (χ2n) is 11.7. The van der Waals surface area contributed by atoms with Gasteiger partial charge in [0, 0.05) is 37.5 Å². The largest absolute Gasteiger partial charge is 0.480 e. The molecular formula is C31H30Cl2F3N7O3. The topological polar surface area (TPSA) is 131 Å². The van der Waals surface area contributed by atoms with E-state index in [2.05, 4.69) is 20.4 Å². The fourth-order valence-corrected chi connectivity index (χ4v) is 6.43. The minimum absolute atomic E-state index is 0.146. The van der Waals surface area contributed by atoms with Gasteiger partial charge in [-0.15, -0.1) is 0 Å². The Hall–Kier alpha value is -4.07. The highest BCUT2D eigenvalue weighted by Crippen LogP contribution is 2.43. The van der Waals surface area contributed by atoms with Gasteiger partial charge in [-0.2, -0.15) is 28.2 Å². The molecule has 2 atom stereocenters. The van der Waals surface area contributed by atoms with Gasteiger partial charge >= 0.3 is 12.1 Å². The molecular weight excluding hydrogens is 646 g/mol. The normalized spacial score (nSPS) is 18.6. The van der Waals surface area contributed by atoms with E-state index in [9.17, 15) is 23.1 Å². The number of piperidine rings is 1. The van der Waals surface area contributed by atoms with Crippen LogP contribution in [-0.4, -0.2) is 62.7 Å². The average molecular weight is 677 g/mol. The number of halogens is 5. The molecule has 0 aliphatic carbocycles. The lowest BCUT2D eigenvalue weighted by Crippen LogP contribution is -2.41. The van der Waals surface area contributed by atoms with Crippen LogP contribution < -0.4 is 20.7 Å². The van der Waals surface area contributed by atoms with Crippen LogP contribution in [0.4, 0.5) is 24.9 Å². The number of nitrogens with zero attached hydrogens (tertiary/aromatic N) is 5. The van der Waals surface area contributed by atoms with E-state index >= 15 is 0 Å². The molecule has 0 saturated carbocycles. The Morgan fingerprint density at radius 2 is 1.80 bits per heavy atom. The van der Waals surface area contributed by atoms with Crippen molar-refractivity contribution in [2.24, 2.45) is 5.41 Å². The van der Waals surface area contributed by atoms with Gasteiger partial charge < -0.3 is 25.8 Å². The van der Waals surface area contributed by atoms with E-state index in [0.717, 1.165) is 0 Å². The summed E-state index contributed by atoms with van der Waals surface area (Å²) in [5, 5.41) is 17.5. The van der Waals surface area contributed by atoms with Gasteiger partial charge in [0.05, 0.1) is 21.4 Å². The van der Waals surface area contributed by atoms with E-state index in [-0.39, 0.29) is 28.5 Å². The van der Waals surface area contributed by atoms with Crippen LogP contribution in [0.15, 0.2) is 54.7 Å². The van der Waals surface area contributed by atoms with E-state index in [1.54, 1.807) is 49.5 Å². The number of nitrogens with one attached hydrogen (secondary N) is 1. The first-order valence-electron chi connectivity index (χ1n) is 14.5. The molecule has 1 spiro atoms. The third-order valence-corrected chi connectivity index (χ3v) is 9.32. The number of carbonyl (C=O) groups is 1. The van der Waals surface area contributed by atoms with Crippen molar-refractivity contribution < 1.29 is 27.8 Å². The van der Waals surface area contributed by atoms with Crippen molar-refractivity contribution in [3.63, 3.8) is 0 Å². The first-order valence-corrected chi connectivity index (χ1v) is 15.3. The number of hydrogen-bond acceptors (Lipinski definition) is 8. The molecule has 2 saturated heterocycles. The average Bonchev–Trinajstić information content (AvgIpc) is 3.63. The molecule has 0 unspecified atom stereocenters. The molecule has 242 valence electrons. The maximum Gasteiger partial charge on any atom is 0.429 e. The molecule has 15 heteroatoms. The van der Waals surface area contributed by atoms with Gasteiger partial charge in [0.1, 0.15) is 11.9 Å². The van der Waals surface area contributed by atoms with Gasteiger partial charge in [-0.3, -0.25) is 4.79 Å². The number of hydrogen-bond donors (Lipinski definition) is 3. The summed E-state index contributed by atoms with van der Waals surface area (Å²) < 4.78 is 51.4. The predicted molar refractivity (Wildman–Crippen MR) is 168 cm³/mol. The third-order valence-electron chi connectivity index (χ3n) is 8.58. The van der Waals surface area contributed by atoms with Crippen LogP contribution in [0.1, 0.15) is 36.6 Å². The lowest BCUT2D eigenvalue weighted by molar-refractivity contribution is -0.198. The zero-order chi connectivity index (χ0) is 32.8. The monoisotopic (exact) mass is 675 g/mol. The standard InChI is InChI=1S/C31H30Cl2F3N7O3/c1-17-6-9-43(41-17)24-13-19(18-3-5-21(32)22(33)12-18)2-4-20(24)27(31(34,35)36)46-26-14-25(39-29(37)40-26)42-10-7-30(8-11-42)15-23(28(44)45)38-16-30/h2-6,9,12-14,23,27,38H,7-8,10-11,15-16H2,1H3,(H,44,45)(H2,37,39,40)/t23-,27+/m0/s1. The zero-order valence-corrected chi connectivity index (χ0v) is 26.1. The number of aliphatic carboxylic acids is 1. The highest BCUT2D eigenvalue weighted by atomic mass is 35.5. The van der Waals surface area contributed by atoms with Gasteiger partial charge in [-0.25, -0.2) is 4.68 Å². The van der Waals surface area contributed by atoms with Crippen molar-refractivity contribution in [2.45, 2.75) is 44.5 Å². The van der Waals surface area contributed by atoms with Crippen LogP contribution in [0.2, 0.25) is 10.0 Å². The molecule has 4 aromatic rings. The summed E-state index contributed by atoms with van der Waals surface area (Å²) in [6, 6.07) is 11.9. The number of aromatic nitrogens is 4. The summed E-state index contributed by atoms with van der Waals surface area (Å²) in [5.74, 6) is -1.12. The first kappa shape index (κ1) is 31.9. The lowest BCUT2D eigenvalue weighted by Gasteiger charge is -2.39. The number of benzene rings is 2. The SMILES string of the molecule is Cc1ccn(-c2cc(-c3ccc(Cl)c(Cl)c3)ccc2[C@@H](Oc2cc(N3CCC4(CC3)CN[C@H](C(=O)O)C4)nc(N)n2)C(F)(F)F)n1. The van der Waals surface area contributed by atoms with E-state index in [1.165, 1.54) is 16.8 Å². The highest BCUT2D eigenvalue weighted by Gasteiger charge is 2.46. The Kier molecular flexibility index (Phi) is 8.51. The maximum atomic E-state index is 14.8. The molecule has 0 bridgehead atoms. The minimum atomic E-state index is -4.85. The molecule has 46 heavy (non-hydrogen) atoms. The summed E-state index contributed by atoms with van der Waals surface area (Å²) in [4.78, 5) is 21.6. The second kappa shape index (κ2) is 12.3. The number of aryl methyl sites for hydroxylation is 1. The van der Waals surface area contributed by atoms with Crippen molar-refractivity contribution in [1.82, 2.24) is 25.1 Å². The molecule has 0 radical (unpaired) electrons. The van der Waals surface area contributed by atoms with Crippen molar-refractivity contribution in [2.75, 3.05) is 30.3 Å². The van der Waals surface area contributed by atoms with Gasteiger partial charge in [-0.1, -0.05) is 41.4 Å². The van der Waals surface area contributed by atoms with E-state index < -0.39 is 24.3 Å². The van der Waals surface area contributed by atoms with Crippen LogP contribution in [0.3, 0.4) is 0 Å². The minimum Gasteiger partial charge on any atom is -0.480 e. The molecule has 2 fully saturated rings. The fourth-order valence-electron chi connectivity index (χ4n) is 6.13. The van der Waals surface area contributed by atoms with Crippen LogP contribution in [-0.2, 0) is 4.79 Å². The first-order chi connectivity index (χ1) is 21.8. The Labute approximate surface area is 272 Å². The smallest absolute Gasteiger partial charge is 0.429 e. The number of ether oxygens (including phenoxy) is 1. The molecule has 2 aromatic carbocycles. The molecule has 2 aromatic heterocycles. The predicted octanol–water partition coefficient (Wildman–Crippen LogP) is 6.24. The van der Waals surface area contributed by atoms with Crippen LogP contribution in [0.25, 0.3) is 16.8 Å². The molecule has 0 amide bonds. The quantitative estimate of drug-likeness (QED) is 0.208. The lowest BCUT2D eigenvalue weighted by atomic mass is 9.76. The number of carboxylic acids is 1. The molecule has 10 nitrogen and oxygen atoms in total. The third kappa shape index (κ3) is 6.58. The summed E-state index contributed by atoms with van der Waals surface area (Å²) in [6.07, 6.45) is -3.82. The van der Waals surface area contributed by atoms with Gasteiger partial charge in [0.2, 0.25) is 17.9 Å². The number of alkyl halides is 3. The van der Waals surface area contributed by atoms with Gasteiger partial charge in [0.25, 0.3) is 0 Å². The highest BCUT2D eigenvalue weighted by molar-refractivity contribution is 6.42. The van der Waals surface area contributed by atoms with Crippen molar-refractivity contribution in [3.05, 3.63) is 76.0 Å². The molecule has 4 N–H and O–H groups in total. The fraction of sp³-hybridized carbons (Fsp3) is 0.355. The Morgan fingerprint density at radius 3 is 2.43 bits per heavy atom. The zero-order valence-electron chi connectivity index (χ0n) is 24.6. The van der Waals surface area contributed by atoms with E-state index in [1.807, 2.05) is 4.90 Å². The number of anilines is 2. The van der Waals surface area contributed by atoms with Crippen molar-refractivity contribution in [1.29, 1.82) is 0 Å². The summed E-state index contributed by atoms with van der Waals surface area (Å²) in [7, 11) is 0. The van der Waals surface area contributed by atoms with Crippen LogP contribution >= 0.6 is 23.2 Å². The van der Waals surface area contributed by atoms with Gasteiger partial charge in [-0.05, 0) is 67.0 Å². The summed E-state index contributed by atoms with van der Waals surface area (Å²) >= 11 is 12.3. The molecule has 2 aliphatic heterocycles. The number of rotatable bonds is 7. The Bertz CT molecular complexity index is 1780. The van der Waals surface area contributed by atoms with Crippen LogP contribution in [0.5, 0.6) is 5.88 Å². The van der Waals surface area contributed by atoms with Crippen molar-refractivity contribution in [3.8, 4) is 22.7 Å². The van der Waals surface area contributed by atoms with E-state index in [4.69, 9.17) is 33.7 Å². The summed E-state index contributed by atoms with van der Waals surface area (Å²) in [5.41, 5.74) is 7.61. The number of nitrogen functional groups attached to an aromatic ring is 1. The maximum absolute atomic E-state index is 14.8. The second-order valence-corrected chi connectivity index (χ2v) is 12.5. The Morgan fingerprint density at radius 1 is 1.09 bits per heavy atom.